The number of oxazole rings is 2. The van der Waals surface area contributed by atoms with Crippen LogP contribution < -0.4 is 32.5 Å². The minimum Gasteiger partial charge on any atom is -0.508 e. The molecule has 0 aliphatic carbocycles. The van der Waals surface area contributed by atoms with E-state index in [1.54, 1.807) is 24.3 Å². The molecule has 0 aliphatic rings. The van der Waals surface area contributed by atoms with Gasteiger partial charge in [-0.15, -0.1) is 0 Å². The van der Waals surface area contributed by atoms with Gasteiger partial charge in [0.25, 0.3) is 0 Å². The molecule has 4 heterocycles. The van der Waals surface area contributed by atoms with Crippen molar-refractivity contribution in [3.05, 3.63) is 241 Å². The lowest BCUT2D eigenvalue weighted by Crippen LogP contribution is -2.54. The highest BCUT2D eigenvalue weighted by atomic mass is 16.4. The number of phenolic OH excluding ortho intramolecular Hbond substituents is 2. The van der Waals surface area contributed by atoms with Crippen LogP contribution in [0.1, 0.15) is 11.8 Å². The number of benzene rings is 8. The number of rotatable bonds is 10. The van der Waals surface area contributed by atoms with Gasteiger partial charge in [0.15, 0.2) is 11.2 Å². The van der Waals surface area contributed by atoms with Crippen molar-refractivity contribution in [3.8, 4) is 46.2 Å². The fourth-order valence-corrected chi connectivity index (χ4v) is 10.1. The van der Waals surface area contributed by atoms with Crippen molar-refractivity contribution in [1.82, 2.24) is 18.9 Å². The standard InChI is InChI=1S/C60H38B2N6O4/c63-37-47(59-65-49-25-13-15-27-51(49)71-59)57-54-53(55(39-29-33-45(69)34-30-39)67(57)61(41-17-5-1-6-18-41)42-19-7-2-8-20-42)58(48(38-64)60-66-50-26-14-16-28-52(50)72-60)68(56(54)40-31-35-46(70)36-32-40)62(43-21-9-3-10-22-43)44-23-11-4-12-24-44/h1-36,69-70H/b57-47-,58-48-. The number of aromatic nitrogens is 4. The molecule has 12 rings (SSSR count). The van der Waals surface area contributed by atoms with Crippen LogP contribution in [0, 0.1) is 22.7 Å². The van der Waals surface area contributed by atoms with E-state index in [1.807, 2.05) is 146 Å². The molecule has 0 unspecified atom stereocenters. The van der Waals surface area contributed by atoms with Crippen molar-refractivity contribution < 1.29 is 19.0 Å². The summed E-state index contributed by atoms with van der Waals surface area (Å²) >= 11 is 0. The Labute approximate surface area is 413 Å². The Hall–Kier alpha value is -10.0. The third-order valence-electron chi connectivity index (χ3n) is 13.1. The monoisotopic (exact) mass is 928 g/mol. The molecule has 0 spiro atoms. The summed E-state index contributed by atoms with van der Waals surface area (Å²) in [6.45, 7) is -1.26. The lowest BCUT2D eigenvalue weighted by atomic mass is 9.50. The van der Waals surface area contributed by atoms with Crippen LogP contribution >= 0.6 is 0 Å². The largest absolute Gasteiger partial charge is 0.508 e. The van der Waals surface area contributed by atoms with E-state index in [-0.39, 0.29) is 34.4 Å². The zero-order chi connectivity index (χ0) is 48.7. The second kappa shape index (κ2) is 18.1. The first-order valence-corrected chi connectivity index (χ1v) is 23.4. The van der Waals surface area contributed by atoms with E-state index in [4.69, 9.17) is 18.8 Å². The van der Waals surface area contributed by atoms with Gasteiger partial charge < -0.3 is 28.0 Å². The van der Waals surface area contributed by atoms with Crippen molar-refractivity contribution in [1.29, 1.82) is 10.5 Å². The summed E-state index contributed by atoms with van der Waals surface area (Å²) in [5.74, 6) is 0.290. The van der Waals surface area contributed by atoms with Crippen molar-refractivity contribution in [3.63, 3.8) is 0 Å². The van der Waals surface area contributed by atoms with Gasteiger partial charge in [0.05, 0.1) is 10.7 Å². The predicted octanol–water partition coefficient (Wildman–Crippen LogP) is 8.22. The summed E-state index contributed by atoms with van der Waals surface area (Å²) in [5, 5.41) is 48.0. The van der Waals surface area contributed by atoms with E-state index >= 15 is 0 Å². The lowest BCUT2D eigenvalue weighted by Gasteiger charge is -2.24. The summed E-state index contributed by atoms with van der Waals surface area (Å²) in [6.07, 6.45) is 0. The molecule has 10 nitrogen and oxygen atoms in total. The van der Waals surface area contributed by atoms with Crippen LogP contribution in [0.2, 0.25) is 0 Å². The third-order valence-corrected chi connectivity index (χ3v) is 13.1. The molecular weight excluding hydrogens is 890 g/mol. The van der Waals surface area contributed by atoms with E-state index in [0.29, 0.717) is 66.2 Å². The Morgan fingerprint density at radius 1 is 0.403 bits per heavy atom. The van der Waals surface area contributed by atoms with Gasteiger partial charge in [-0.2, -0.15) is 10.5 Å². The van der Waals surface area contributed by atoms with E-state index in [2.05, 4.69) is 69.6 Å². The van der Waals surface area contributed by atoms with Gasteiger partial charge in [0, 0.05) is 22.2 Å². The Balaban J connectivity index is 1.45. The Bertz CT molecular complexity index is 3780. The second-order valence-corrected chi connectivity index (χ2v) is 17.4. The van der Waals surface area contributed by atoms with Crippen LogP contribution in [-0.2, 0) is 0 Å². The zero-order valence-corrected chi connectivity index (χ0v) is 38.3. The van der Waals surface area contributed by atoms with Crippen LogP contribution in [0.25, 0.3) is 66.6 Å². The lowest BCUT2D eigenvalue weighted by molar-refractivity contribution is 0.475. The topological polar surface area (TPSA) is 150 Å². The van der Waals surface area contributed by atoms with Gasteiger partial charge in [-0.25, -0.2) is 9.97 Å². The number of hydrogen-bond acceptors (Lipinski definition) is 8. The zero-order valence-electron chi connectivity index (χ0n) is 38.3. The van der Waals surface area contributed by atoms with E-state index in [1.165, 1.54) is 0 Å². The summed E-state index contributed by atoms with van der Waals surface area (Å²) in [7, 11) is 0. The van der Waals surface area contributed by atoms with E-state index in [0.717, 1.165) is 21.9 Å². The maximum atomic E-state index is 12.0. The van der Waals surface area contributed by atoms with Crippen molar-refractivity contribution in [2.45, 2.75) is 0 Å². The fraction of sp³-hybridized carbons (Fsp3) is 0. The first-order valence-electron chi connectivity index (χ1n) is 23.4. The van der Waals surface area contributed by atoms with Gasteiger partial charge >= 0.3 is 13.7 Å². The molecule has 338 valence electrons. The second-order valence-electron chi connectivity index (χ2n) is 17.4. The molecule has 2 N–H and O–H groups in total. The number of para-hydroxylation sites is 4. The predicted molar refractivity (Wildman–Crippen MR) is 284 cm³/mol. The molecule has 12 heteroatoms. The molecule has 0 saturated carbocycles. The molecule has 12 aromatic rings. The maximum absolute atomic E-state index is 12.0. The highest BCUT2D eigenvalue weighted by molar-refractivity contribution is 6.85. The minimum absolute atomic E-state index is 0.0540. The van der Waals surface area contributed by atoms with Crippen molar-refractivity contribution in [2.24, 2.45) is 0 Å². The van der Waals surface area contributed by atoms with Crippen LogP contribution in [0.5, 0.6) is 11.5 Å². The number of phenols is 2. The van der Waals surface area contributed by atoms with Gasteiger partial charge in [0.2, 0.25) is 11.8 Å². The number of nitriles is 2. The Kier molecular flexibility index (Phi) is 10.9. The van der Waals surface area contributed by atoms with Gasteiger partial charge in [-0.1, -0.05) is 167 Å². The summed E-state index contributed by atoms with van der Waals surface area (Å²) in [6, 6.07) is 74.3. The average molecular weight is 929 g/mol. The SMILES string of the molecule is N#C/C(c1nc2ccccc2o1)=c1\c2c(-c3ccc(O)cc3)n(B(c3ccccc3)c3ccccc3)/c(=C(/C#N)c3nc4ccccc4o3)c2c(-c2ccc(O)cc2)n1B(c1ccccc1)c1ccccc1. The molecule has 72 heavy (non-hydrogen) atoms. The molecule has 0 radical (unpaired) electrons. The summed E-state index contributed by atoms with van der Waals surface area (Å²) < 4.78 is 17.6. The third kappa shape index (κ3) is 7.39. The van der Waals surface area contributed by atoms with Crippen LogP contribution in [0.15, 0.2) is 227 Å². The van der Waals surface area contributed by atoms with Gasteiger partial charge in [-0.3, -0.25) is 0 Å². The maximum Gasteiger partial charge on any atom is 0.328 e. The number of aromatic hydroxyl groups is 2. The molecule has 4 aromatic heterocycles. The quantitative estimate of drug-likeness (QED) is 0.130. The molecule has 0 bridgehead atoms. The van der Waals surface area contributed by atoms with Gasteiger partial charge in [0.1, 0.15) is 45.8 Å². The Morgan fingerprint density at radius 3 is 1.01 bits per heavy atom. The van der Waals surface area contributed by atoms with Crippen molar-refractivity contribution in [2.75, 3.05) is 0 Å². The first kappa shape index (κ1) is 43.3. The summed E-state index contributed by atoms with van der Waals surface area (Å²) in [4.78, 5) is 10.0. The molecule has 0 fully saturated rings. The minimum atomic E-state index is -0.630. The highest BCUT2D eigenvalue weighted by Gasteiger charge is 2.38. The fourth-order valence-electron chi connectivity index (χ4n) is 10.1. The van der Waals surface area contributed by atoms with Crippen LogP contribution in [0.3, 0.4) is 0 Å². The molecule has 0 saturated heterocycles. The molecule has 0 aliphatic heterocycles. The number of nitrogens with zero attached hydrogens (tertiary/aromatic N) is 6. The summed E-state index contributed by atoms with van der Waals surface area (Å²) in [5.41, 5.74) is 8.51. The smallest absolute Gasteiger partial charge is 0.328 e. The van der Waals surface area contributed by atoms with E-state index < -0.39 is 13.7 Å². The molecule has 0 amide bonds. The molecule has 8 aromatic carbocycles. The Morgan fingerprint density at radius 2 is 0.708 bits per heavy atom. The van der Waals surface area contributed by atoms with Gasteiger partial charge in [-0.05, 0) is 83.9 Å². The first-order chi connectivity index (χ1) is 35.5. The van der Waals surface area contributed by atoms with Crippen LogP contribution in [-0.4, -0.2) is 42.8 Å². The number of hydrogen-bond donors (Lipinski definition) is 2. The normalized spacial score (nSPS) is 12.1. The average Bonchev–Trinajstić information content (AvgIpc) is 4.21. The van der Waals surface area contributed by atoms with Crippen LogP contribution in [0.4, 0.5) is 0 Å². The highest BCUT2D eigenvalue weighted by Crippen LogP contribution is 2.38. The molecular formula is C60H38B2N6O4. The van der Waals surface area contributed by atoms with Crippen molar-refractivity contribution >= 4 is 79.7 Å². The van der Waals surface area contributed by atoms with E-state index in [9.17, 15) is 20.7 Å². The number of fused-ring (bicyclic) bond motifs is 3. The molecule has 0 atom stereocenters.